The number of benzene rings is 2. The van der Waals surface area contributed by atoms with Gasteiger partial charge in [0.2, 0.25) is 0 Å². The summed E-state index contributed by atoms with van der Waals surface area (Å²) in [5.41, 5.74) is 3.51. The maximum atomic E-state index is 5.22. The van der Waals surface area contributed by atoms with Crippen molar-refractivity contribution in [2.75, 3.05) is 38.2 Å². The van der Waals surface area contributed by atoms with Gasteiger partial charge in [0, 0.05) is 42.8 Å². The molecule has 0 radical (unpaired) electrons. The van der Waals surface area contributed by atoms with Crippen LogP contribution in [0, 0.1) is 0 Å². The Labute approximate surface area is 158 Å². The number of piperazine rings is 1. The van der Waals surface area contributed by atoms with Gasteiger partial charge >= 0.3 is 0 Å². The summed E-state index contributed by atoms with van der Waals surface area (Å²) in [7, 11) is 1.69. The first-order chi connectivity index (χ1) is 12.8. The van der Waals surface area contributed by atoms with Crippen molar-refractivity contribution in [2.45, 2.75) is 6.54 Å². The molecule has 1 aliphatic heterocycles. The van der Waals surface area contributed by atoms with E-state index < -0.39 is 0 Å². The van der Waals surface area contributed by atoms with Crippen molar-refractivity contribution in [3.63, 3.8) is 0 Å². The molecule has 5 heteroatoms. The van der Waals surface area contributed by atoms with Gasteiger partial charge in [-0.3, -0.25) is 4.90 Å². The Bertz CT molecular complexity index is 824. The number of nitrogens with zero attached hydrogens (tertiary/aromatic N) is 3. The summed E-state index contributed by atoms with van der Waals surface area (Å²) in [5, 5.41) is 3.33. The lowest BCUT2D eigenvalue weighted by molar-refractivity contribution is 0.249. The fourth-order valence-corrected chi connectivity index (χ4v) is 4.12. The maximum absolute atomic E-state index is 5.22. The maximum Gasteiger partial charge on any atom is 0.118 e. The van der Waals surface area contributed by atoms with Crippen LogP contribution in [0.3, 0.4) is 0 Å². The van der Waals surface area contributed by atoms with E-state index in [4.69, 9.17) is 9.72 Å². The molecular formula is C21H23N3OS. The molecule has 1 aromatic heterocycles. The van der Waals surface area contributed by atoms with Gasteiger partial charge in [0.05, 0.1) is 19.3 Å². The number of aromatic nitrogens is 1. The lowest BCUT2D eigenvalue weighted by Gasteiger charge is -2.35. The number of ether oxygens (including phenoxy) is 1. The second kappa shape index (κ2) is 7.89. The highest BCUT2D eigenvalue weighted by Gasteiger charge is 2.18. The van der Waals surface area contributed by atoms with E-state index in [-0.39, 0.29) is 0 Å². The minimum absolute atomic E-state index is 0.875. The minimum Gasteiger partial charge on any atom is -0.497 e. The molecule has 0 unspecified atom stereocenters. The van der Waals surface area contributed by atoms with Crippen LogP contribution in [0.4, 0.5) is 5.69 Å². The monoisotopic (exact) mass is 365 g/mol. The standard InChI is InChI=1S/C21H23N3OS/c1-25-19-9-7-17(8-10-19)20-16-26-21(22-20)15-23-11-13-24(14-12-23)18-5-3-2-4-6-18/h2-10,16H,11-15H2,1H3. The van der Waals surface area contributed by atoms with Crippen LogP contribution in [0.25, 0.3) is 11.3 Å². The fourth-order valence-electron chi connectivity index (χ4n) is 3.27. The highest BCUT2D eigenvalue weighted by atomic mass is 32.1. The first-order valence-corrected chi connectivity index (χ1v) is 9.81. The van der Waals surface area contributed by atoms with Crippen LogP contribution in [-0.4, -0.2) is 43.2 Å². The predicted molar refractivity (Wildman–Crippen MR) is 108 cm³/mol. The zero-order valence-corrected chi connectivity index (χ0v) is 15.8. The molecule has 134 valence electrons. The number of anilines is 1. The third kappa shape index (κ3) is 3.89. The number of thiazole rings is 1. The van der Waals surface area contributed by atoms with Crippen LogP contribution in [0.1, 0.15) is 5.01 Å². The summed E-state index contributed by atoms with van der Waals surface area (Å²) in [5.74, 6) is 0.875. The Morgan fingerprint density at radius 1 is 0.962 bits per heavy atom. The lowest BCUT2D eigenvalue weighted by atomic mass is 10.2. The molecule has 1 fully saturated rings. The molecule has 0 N–H and O–H groups in total. The molecule has 0 spiro atoms. The second-order valence-corrected chi connectivity index (χ2v) is 7.40. The third-order valence-electron chi connectivity index (χ3n) is 4.79. The second-order valence-electron chi connectivity index (χ2n) is 6.45. The lowest BCUT2D eigenvalue weighted by Crippen LogP contribution is -2.45. The number of hydrogen-bond donors (Lipinski definition) is 0. The van der Waals surface area contributed by atoms with Crippen LogP contribution in [0.15, 0.2) is 60.0 Å². The van der Waals surface area contributed by atoms with E-state index in [2.05, 4.69) is 57.6 Å². The zero-order chi connectivity index (χ0) is 17.8. The molecule has 0 atom stereocenters. The molecular weight excluding hydrogens is 342 g/mol. The zero-order valence-electron chi connectivity index (χ0n) is 15.0. The van der Waals surface area contributed by atoms with Gasteiger partial charge in [-0.25, -0.2) is 4.98 Å². The average Bonchev–Trinajstić information content (AvgIpc) is 3.18. The molecule has 0 aliphatic carbocycles. The van der Waals surface area contributed by atoms with Gasteiger partial charge in [-0.05, 0) is 36.4 Å². The van der Waals surface area contributed by atoms with Crippen molar-refractivity contribution in [3.05, 3.63) is 65.0 Å². The summed E-state index contributed by atoms with van der Waals surface area (Å²) in [6.45, 7) is 5.23. The van der Waals surface area contributed by atoms with Crippen LogP contribution in [0.5, 0.6) is 5.75 Å². The van der Waals surface area contributed by atoms with Gasteiger partial charge in [-0.15, -0.1) is 11.3 Å². The molecule has 1 saturated heterocycles. The largest absolute Gasteiger partial charge is 0.497 e. The van der Waals surface area contributed by atoms with Crippen molar-refractivity contribution in [2.24, 2.45) is 0 Å². The molecule has 3 aromatic rings. The molecule has 2 heterocycles. The predicted octanol–water partition coefficient (Wildman–Crippen LogP) is 4.14. The van der Waals surface area contributed by atoms with Gasteiger partial charge in [0.15, 0.2) is 0 Å². The Hall–Kier alpha value is -2.37. The molecule has 0 bridgehead atoms. The molecule has 4 nitrogen and oxygen atoms in total. The van der Waals surface area contributed by atoms with Crippen molar-refractivity contribution < 1.29 is 4.74 Å². The summed E-state index contributed by atoms with van der Waals surface area (Å²) >= 11 is 1.75. The summed E-state index contributed by atoms with van der Waals surface area (Å²) in [4.78, 5) is 9.79. The van der Waals surface area contributed by atoms with Gasteiger partial charge < -0.3 is 9.64 Å². The van der Waals surface area contributed by atoms with E-state index in [1.54, 1.807) is 18.4 Å². The number of rotatable bonds is 5. The van der Waals surface area contributed by atoms with Gasteiger partial charge in [-0.2, -0.15) is 0 Å². The Morgan fingerprint density at radius 3 is 2.38 bits per heavy atom. The Morgan fingerprint density at radius 2 is 1.69 bits per heavy atom. The van der Waals surface area contributed by atoms with E-state index in [1.807, 2.05) is 12.1 Å². The van der Waals surface area contributed by atoms with Crippen molar-refractivity contribution in [1.29, 1.82) is 0 Å². The molecule has 0 saturated carbocycles. The molecule has 1 aliphatic rings. The Kier molecular flexibility index (Phi) is 5.18. The third-order valence-corrected chi connectivity index (χ3v) is 5.62. The first kappa shape index (κ1) is 17.1. The average molecular weight is 366 g/mol. The molecule has 0 amide bonds. The van der Waals surface area contributed by atoms with Crippen molar-refractivity contribution >= 4 is 17.0 Å². The number of para-hydroxylation sites is 1. The molecule has 26 heavy (non-hydrogen) atoms. The van der Waals surface area contributed by atoms with Crippen molar-refractivity contribution in [1.82, 2.24) is 9.88 Å². The number of methoxy groups -OCH3 is 1. The highest BCUT2D eigenvalue weighted by Crippen LogP contribution is 2.25. The van der Waals surface area contributed by atoms with Crippen LogP contribution < -0.4 is 9.64 Å². The molecule has 2 aromatic carbocycles. The fraction of sp³-hybridized carbons (Fsp3) is 0.286. The van der Waals surface area contributed by atoms with E-state index in [1.165, 1.54) is 10.7 Å². The molecule has 4 rings (SSSR count). The Balaban J connectivity index is 1.35. The van der Waals surface area contributed by atoms with E-state index in [0.717, 1.165) is 49.7 Å². The van der Waals surface area contributed by atoms with E-state index >= 15 is 0 Å². The van der Waals surface area contributed by atoms with E-state index in [0.29, 0.717) is 0 Å². The normalized spacial score (nSPS) is 15.2. The van der Waals surface area contributed by atoms with Gasteiger partial charge in [-0.1, -0.05) is 18.2 Å². The minimum atomic E-state index is 0.875. The SMILES string of the molecule is COc1ccc(-c2csc(CN3CCN(c4ccccc4)CC3)n2)cc1. The van der Waals surface area contributed by atoms with E-state index in [9.17, 15) is 0 Å². The summed E-state index contributed by atoms with van der Waals surface area (Å²) in [6.07, 6.45) is 0. The van der Waals surface area contributed by atoms with Crippen LogP contribution in [-0.2, 0) is 6.54 Å². The highest BCUT2D eigenvalue weighted by molar-refractivity contribution is 7.09. The topological polar surface area (TPSA) is 28.6 Å². The summed E-state index contributed by atoms with van der Waals surface area (Å²) < 4.78 is 5.22. The summed E-state index contributed by atoms with van der Waals surface area (Å²) in [6, 6.07) is 18.8. The first-order valence-electron chi connectivity index (χ1n) is 8.93. The smallest absolute Gasteiger partial charge is 0.118 e. The van der Waals surface area contributed by atoms with Crippen LogP contribution in [0.2, 0.25) is 0 Å². The van der Waals surface area contributed by atoms with Gasteiger partial charge in [0.25, 0.3) is 0 Å². The van der Waals surface area contributed by atoms with Gasteiger partial charge in [0.1, 0.15) is 10.8 Å². The quantitative estimate of drug-likeness (QED) is 0.679. The van der Waals surface area contributed by atoms with Crippen molar-refractivity contribution in [3.8, 4) is 17.0 Å². The van der Waals surface area contributed by atoms with Crippen LogP contribution >= 0.6 is 11.3 Å². The number of hydrogen-bond acceptors (Lipinski definition) is 5.